The van der Waals surface area contributed by atoms with Crippen molar-refractivity contribution in [3.63, 3.8) is 0 Å². The molecule has 2 aromatic rings. The van der Waals surface area contributed by atoms with E-state index in [1.165, 1.54) is 4.90 Å². The van der Waals surface area contributed by atoms with Crippen LogP contribution in [0.1, 0.15) is 54.4 Å². The Bertz CT molecular complexity index is 894. The number of nitrogens with zero attached hydrogens (tertiary/aromatic N) is 1. The number of amides is 1. The lowest BCUT2D eigenvalue weighted by molar-refractivity contribution is -0.156. The van der Waals surface area contributed by atoms with Crippen molar-refractivity contribution >= 4 is 17.7 Å². The zero-order chi connectivity index (χ0) is 22.2. The van der Waals surface area contributed by atoms with E-state index in [9.17, 15) is 14.4 Å². The molecule has 1 fully saturated rings. The number of unbranched alkanes of at least 4 members (excludes halogenated alkanes) is 1. The van der Waals surface area contributed by atoms with Gasteiger partial charge in [0.25, 0.3) is 5.91 Å². The highest BCUT2D eigenvalue weighted by Crippen LogP contribution is 2.33. The van der Waals surface area contributed by atoms with Gasteiger partial charge >= 0.3 is 5.97 Å². The average molecular weight is 424 g/mol. The molecule has 1 heterocycles. The number of ether oxygens (including phenoxy) is 2. The van der Waals surface area contributed by atoms with Gasteiger partial charge in [-0.05, 0) is 42.9 Å². The summed E-state index contributed by atoms with van der Waals surface area (Å²) in [6.45, 7) is 2.65. The molecule has 0 bridgehead atoms. The highest BCUT2D eigenvalue weighted by Gasteiger charge is 2.40. The molecule has 1 amide bonds. The van der Waals surface area contributed by atoms with E-state index < -0.39 is 23.7 Å². The molecule has 0 aromatic heterocycles. The smallest absolute Gasteiger partial charge is 0.328 e. The molecule has 1 aliphatic heterocycles. The van der Waals surface area contributed by atoms with Gasteiger partial charge in [-0.15, -0.1) is 0 Å². The number of benzene rings is 2. The number of likely N-dealkylation sites (tertiary alicyclic amines) is 1. The van der Waals surface area contributed by atoms with Gasteiger partial charge < -0.3 is 14.4 Å². The maximum Gasteiger partial charge on any atom is 0.328 e. The summed E-state index contributed by atoms with van der Waals surface area (Å²) in [5.74, 6) is -0.849. The molecule has 164 valence electrons. The summed E-state index contributed by atoms with van der Waals surface area (Å²) < 4.78 is 10.7. The molecule has 3 rings (SSSR count). The Hall–Kier alpha value is -3.15. The lowest BCUT2D eigenvalue weighted by atomic mass is 9.85. The van der Waals surface area contributed by atoms with Crippen LogP contribution >= 0.6 is 0 Å². The average Bonchev–Trinajstić information content (AvgIpc) is 2.83. The first-order valence-electron chi connectivity index (χ1n) is 10.8. The van der Waals surface area contributed by atoms with Gasteiger partial charge in [0.15, 0.2) is 0 Å². The number of carbonyl (C=O) groups excluding carboxylic acids is 3. The van der Waals surface area contributed by atoms with Crippen molar-refractivity contribution < 1.29 is 23.9 Å². The van der Waals surface area contributed by atoms with Crippen LogP contribution in [0.3, 0.4) is 0 Å². The number of hydrogen-bond donors (Lipinski definition) is 0. The molecule has 0 N–H and O–H groups in total. The summed E-state index contributed by atoms with van der Waals surface area (Å²) in [7, 11) is 1.62. The molecule has 0 spiro atoms. The van der Waals surface area contributed by atoms with E-state index in [-0.39, 0.29) is 5.92 Å². The number of ketones is 1. The highest BCUT2D eigenvalue weighted by molar-refractivity contribution is 6.43. The summed E-state index contributed by atoms with van der Waals surface area (Å²) in [6, 6.07) is 15.4. The number of esters is 1. The minimum atomic E-state index is -0.780. The Labute approximate surface area is 183 Å². The molecule has 6 nitrogen and oxygen atoms in total. The lowest BCUT2D eigenvalue weighted by Gasteiger charge is -2.38. The molecule has 1 aliphatic rings. The van der Waals surface area contributed by atoms with Crippen LogP contribution in [0.15, 0.2) is 54.6 Å². The molecule has 2 atom stereocenters. The SMILES string of the molecule is CCCCOC(=O)C1CC(c2ccc(OC)cc2)CCN1C(=O)C(=O)c1ccccc1. The summed E-state index contributed by atoms with van der Waals surface area (Å²) in [6.07, 6.45) is 2.75. The van der Waals surface area contributed by atoms with E-state index in [2.05, 4.69) is 0 Å². The minimum absolute atomic E-state index is 0.0884. The Morgan fingerprint density at radius 3 is 2.39 bits per heavy atom. The number of carbonyl (C=O) groups is 3. The van der Waals surface area contributed by atoms with Gasteiger partial charge in [0, 0.05) is 12.1 Å². The molecule has 31 heavy (non-hydrogen) atoms. The Kier molecular flexibility index (Phi) is 7.82. The maximum absolute atomic E-state index is 13.0. The van der Waals surface area contributed by atoms with Crippen molar-refractivity contribution in [3.8, 4) is 5.75 Å². The Morgan fingerprint density at radius 1 is 1.03 bits per heavy atom. The van der Waals surface area contributed by atoms with Crippen LogP contribution in [0.25, 0.3) is 0 Å². The van der Waals surface area contributed by atoms with E-state index in [1.54, 1.807) is 37.4 Å². The number of methoxy groups -OCH3 is 1. The van der Waals surface area contributed by atoms with Gasteiger partial charge in [-0.1, -0.05) is 55.8 Å². The first-order valence-corrected chi connectivity index (χ1v) is 10.8. The second-order valence-corrected chi connectivity index (χ2v) is 7.73. The van der Waals surface area contributed by atoms with Crippen molar-refractivity contribution in [2.75, 3.05) is 20.3 Å². The molecule has 2 unspecified atom stereocenters. The van der Waals surface area contributed by atoms with Crippen molar-refractivity contribution in [1.29, 1.82) is 0 Å². The monoisotopic (exact) mass is 423 g/mol. The standard InChI is InChI=1S/C25H29NO5/c1-3-4-16-31-25(29)22-17-20(18-10-12-21(30-2)13-11-18)14-15-26(22)24(28)23(27)19-8-6-5-7-9-19/h5-13,20,22H,3-4,14-17H2,1-2H3. The second-order valence-electron chi connectivity index (χ2n) is 7.73. The van der Waals surface area contributed by atoms with Gasteiger partial charge in [0.2, 0.25) is 5.78 Å². The molecule has 6 heteroatoms. The van der Waals surface area contributed by atoms with Crippen LogP contribution in [0.2, 0.25) is 0 Å². The van der Waals surface area contributed by atoms with E-state index in [0.717, 1.165) is 24.2 Å². The summed E-state index contributed by atoms with van der Waals surface area (Å²) in [5, 5.41) is 0. The predicted octanol–water partition coefficient (Wildman–Crippen LogP) is 4.00. The quantitative estimate of drug-likeness (QED) is 0.278. The zero-order valence-electron chi connectivity index (χ0n) is 18.1. The van der Waals surface area contributed by atoms with E-state index in [4.69, 9.17) is 9.47 Å². The highest BCUT2D eigenvalue weighted by atomic mass is 16.5. The van der Waals surface area contributed by atoms with Gasteiger partial charge in [0.05, 0.1) is 13.7 Å². The van der Waals surface area contributed by atoms with Crippen LogP contribution in [-0.2, 0) is 14.3 Å². The van der Waals surface area contributed by atoms with Crippen molar-refractivity contribution in [1.82, 2.24) is 4.90 Å². The zero-order valence-corrected chi connectivity index (χ0v) is 18.1. The van der Waals surface area contributed by atoms with Crippen LogP contribution in [0.5, 0.6) is 5.75 Å². The van der Waals surface area contributed by atoms with E-state index in [1.807, 2.05) is 31.2 Å². The van der Waals surface area contributed by atoms with Gasteiger partial charge in [-0.25, -0.2) is 4.79 Å². The van der Waals surface area contributed by atoms with Crippen LogP contribution in [0, 0.1) is 0 Å². The molecule has 2 aromatic carbocycles. The molecular weight excluding hydrogens is 394 g/mol. The van der Waals surface area contributed by atoms with Gasteiger partial charge in [-0.2, -0.15) is 0 Å². The molecule has 0 aliphatic carbocycles. The number of hydrogen-bond acceptors (Lipinski definition) is 5. The third-order valence-electron chi connectivity index (χ3n) is 5.70. The fraction of sp³-hybridized carbons (Fsp3) is 0.400. The van der Waals surface area contributed by atoms with Crippen LogP contribution in [0.4, 0.5) is 0 Å². The Balaban J connectivity index is 1.79. The van der Waals surface area contributed by atoms with E-state index >= 15 is 0 Å². The molecule has 0 radical (unpaired) electrons. The minimum Gasteiger partial charge on any atom is -0.497 e. The fourth-order valence-electron chi connectivity index (χ4n) is 3.87. The molecular formula is C25H29NO5. The largest absolute Gasteiger partial charge is 0.497 e. The molecule has 0 saturated carbocycles. The predicted molar refractivity (Wildman–Crippen MR) is 117 cm³/mol. The second kappa shape index (κ2) is 10.8. The summed E-state index contributed by atoms with van der Waals surface area (Å²) in [4.78, 5) is 40.0. The Morgan fingerprint density at radius 2 is 1.74 bits per heavy atom. The van der Waals surface area contributed by atoms with E-state index in [0.29, 0.717) is 31.6 Å². The van der Waals surface area contributed by atoms with Crippen molar-refractivity contribution in [2.24, 2.45) is 0 Å². The topological polar surface area (TPSA) is 72.9 Å². The summed E-state index contributed by atoms with van der Waals surface area (Å²) in [5.41, 5.74) is 1.40. The van der Waals surface area contributed by atoms with Crippen LogP contribution in [-0.4, -0.2) is 48.9 Å². The first kappa shape index (κ1) is 22.5. The lowest BCUT2D eigenvalue weighted by Crippen LogP contribution is -2.52. The van der Waals surface area contributed by atoms with Crippen molar-refractivity contribution in [3.05, 3.63) is 65.7 Å². The molecule has 1 saturated heterocycles. The number of piperidine rings is 1. The third kappa shape index (κ3) is 5.51. The normalized spacial score (nSPS) is 18.3. The first-order chi connectivity index (χ1) is 15.0. The fourth-order valence-corrected chi connectivity index (χ4v) is 3.87. The van der Waals surface area contributed by atoms with Gasteiger partial charge in [-0.3, -0.25) is 9.59 Å². The van der Waals surface area contributed by atoms with Crippen molar-refractivity contribution in [2.45, 2.75) is 44.6 Å². The van der Waals surface area contributed by atoms with Gasteiger partial charge in [0.1, 0.15) is 11.8 Å². The third-order valence-corrected chi connectivity index (χ3v) is 5.70. The summed E-state index contributed by atoms with van der Waals surface area (Å²) >= 11 is 0. The number of rotatable bonds is 8. The number of Topliss-reactive ketones (excluding diaryl/α,β-unsaturated/α-hetero) is 1. The maximum atomic E-state index is 13.0. The van der Waals surface area contributed by atoms with Crippen LogP contribution < -0.4 is 4.74 Å².